The minimum absolute atomic E-state index is 0.0360. The molecule has 2 atom stereocenters. The topological polar surface area (TPSA) is 106 Å². The third kappa shape index (κ3) is 4.39. The third-order valence-corrected chi connectivity index (χ3v) is 5.91. The molecular weight excluding hydrogens is 438 g/mol. The van der Waals surface area contributed by atoms with Gasteiger partial charge in [0.1, 0.15) is 5.82 Å². The van der Waals surface area contributed by atoms with Crippen LogP contribution in [-0.2, 0) is 0 Å². The van der Waals surface area contributed by atoms with E-state index >= 15 is 0 Å². The van der Waals surface area contributed by atoms with E-state index in [0.29, 0.717) is 18.2 Å². The molecule has 8 nitrogen and oxygen atoms in total. The molecule has 1 amide bonds. The second-order valence-corrected chi connectivity index (χ2v) is 8.47. The molecule has 3 heterocycles. The molecule has 2 aromatic heterocycles. The van der Waals surface area contributed by atoms with Gasteiger partial charge in [-0.1, -0.05) is 6.92 Å². The van der Waals surface area contributed by atoms with E-state index in [0.717, 1.165) is 36.3 Å². The quantitative estimate of drug-likeness (QED) is 0.602. The molecule has 1 saturated heterocycles. The summed E-state index contributed by atoms with van der Waals surface area (Å²) in [5, 5.41) is 2.74. The summed E-state index contributed by atoms with van der Waals surface area (Å²) in [4.78, 5) is 23.1. The normalized spacial score (nSPS) is 18.5. The maximum atomic E-state index is 14.5. The van der Waals surface area contributed by atoms with Gasteiger partial charge in [-0.05, 0) is 42.1 Å². The monoisotopic (exact) mass is 460 g/mol. The number of hydrogen-bond acceptors (Lipinski definition) is 8. The van der Waals surface area contributed by atoms with Crippen molar-refractivity contribution in [3.8, 4) is 17.1 Å². The number of carbonyl (C=O) groups excluding carboxylic acids is 1. The van der Waals surface area contributed by atoms with E-state index in [1.165, 1.54) is 13.2 Å². The molecule has 11 heteroatoms. The van der Waals surface area contributed by atoms with E-state index in [-0.39, 0.29) is 22.6 Å². The summed E-state index contributed by atoms with van der Waals surface area (Å²) in [6.45, 7) is 3.59. The number of pyridine rings is 1. The SMILES string of the molecule is COc1ccc(F)c(-c2nsc(C(=O)Nc3cnccc3N3C[C@H](C)C[C@H](N)C3)n2)c1F. The van der Waals surface area contributed by atoms with Crippen LogP contribution in [0.5, 0.6) is 5.75 Å². The van der Waals surface area contributed by atoms with Crippen LogP contribution in [-0.4, -0.2) is 46.5 Å². The van der Waals surface area contributed by atoms with Crippen LogP contribution >= 0.6 is 11.5 Å². The summed E-state index contributed by atoms with van der Waals surface area (Å²) in [5.74, 6) is -2.29. The van der Waals surface area contributed by atoms with Gasteiger partial charge in [-0.2, -0.15) is 4.37 Å². The lowest BCUT2D eigenvalue weighted by Gasteiger charge is -2.37. The number of ether oxygens (including phenoxy) is 1. The van der Waals surface area contributed by atoms with E-state index < -0.39 is 23.1 Å². The Labute approximate surface area is 187 Å². The number of carbonyl (C=O) groups is 1. The number of nitrogens with zero attached hydrogens (tertiary/aromatic N) is 4. The summed E-state index contributed by atoms with van der Waals surface area (Å²) in [6.07, 6.45) is 4.13. The zero-order valence-corrected chi connectivity index (χ0v) is 18.3. The van der Waals surface area contributed by atoms with Crippen LogP contribution in [0.15, 0.2) is 30.6 Å². The second kappa shape index (κ2) is 9.13. The van der Waals surface area contributed by atoms with Crippen LogP contribution < -0.4 is 20.7 Å². The predicted molar refractivity (Wildman–Crippen MR) is 118 cm³/mol. The van der Waals surface area contributed by atoms with Gasteiger partial charge < -0.3 is 20.7 Å². The zero-order valence-electron chi connectivity index (χ0n) is 17.5. The van der Waals surface area contributed by atoms with Crippen LogP contribution in [0.1, 0.15) is 23.1 Å². The predicted octanol–water partition coefficient (Wildman–Crippen LogP) is 3.31. The van der Waals surface area contributed by atoms with Crippen LogP contribution in [0, 0.1) is 17.6 Å². The maximum absolute atomic E-state index is 14.5. The number of hydrogen-bond donors (Lipinski definition) is 2. The lowest BCUT2D eigenvalue weighted by atomic mass is 9.96. The Kier molecular flexibility index (Phi) is 6.28. The summed E-state index contributed by atoms with van der Waals surface area (Å²) >= 11 is 0.744. The number of halogens is 2. The Morgan fingerprint density at radius 2 is 2.12 bits per heavy atom. The van der Waals surface area contributed by atoms with Crippen LogP contribution in [0.25, 0.3) is 11.4 Å². The van der Waals surface area contributed by atoms with Gasteiger partial charge in [-0.3, -0.25) is 9.78 Å². The van der Waals surface area contributed by atoms with Crippen molar-refractivity contribution in [2.45, 2.75) is 19.4 Å². The lowest BCUT2D eigenvalue weighted by molar-refractivity contribution is 0.102. The molecule has 32 heavy (non-hydrogen) atoms. The maximum Gasteiger partial charge on any atom is 0.286 e. The van der Waals surface area contributed by atoms with Gasteiger partial charge in [-0.15, -0.1) is 0 Å². The fourth-order valence-corrected chi connectivity index (χ4v) is 4.41. The van der Waals surface area contributed by atoms with Gasteiger partial charge in [0.2, 0.25) is 5.01 Å². The third-order valence-electron chi connectivity index (χ3n) is 5.20. The van der Waals surface area contributed by atoms with Gasteiger partial charge in [0.15, 0.2) is 17.4 Å². The Morgan fingerprint density at radius 3 is 2.88 bits per heavy atom. The molecule has 1 aliphatic rings. The smallest absolute Gasteiger partial charge is 0.286 e. The number of anilines is 2. The van der Waals surface area contributed by atoms with Crippen molar-refractivity contribution < 1.29 is 18.3 Å². The highest BCUT2D eigenvalue weighted by Gasteiger charge is 2.26. The molecule has 0 saturated carbocycles. The number of nitrogens with one attached hydrogen (secondary N) is 1. The molecular formula is C21H22F2N6O2S. The molecule has 0 aliphatic carbocycles. The Bertz CT molecular complexity index is 1130. The standard InChI is InChI=1S/C21H22F2N6O2S/c1-11-7-12(24)10-29(9-11)15-5-6-25-8-14(15)26-20(30)21-27-19(28-32-21)17-13(22)3-4-16(31-2)18(17)23/h3-6,8,11-12H,7,9-10,24H2,1-2H3,(H,26,30)/t11-,12+/m1/s1. The largest absolute Gasteiger partial charge is 0.494 e. The second-order valence-electron chi connectivity index (χ2n) is 7.71. The van der Waals surface area contributed by atoms with Crippen molar-refractivity contribution >= 4 is 28.8 Å². The van der Waals surface area contributed by atoms with Gasteiger partial charge in [0.05, 0.1) is 30.2 Å². The van der Waals surface area contributed by atoms with Gasteiger partial charge in [0, 0.05) is 25.3 Å². The number of methoxy groups -OCH3 is 1. The summed E-state index contributed by atoms with van der Waals surface area (Å²) in [7, 11) is 1.27. The molecule has 3 aromatic rings. The lowest BCUT2D eigenvalue weighted by Crippen LogP contribution is -2.46. The molecule has 4 rings (SSSR count). The first-order valence-electron chi connectivity index (χ1n) is 9.99. The fraction of sp³-hybridized carbons (Fsp3) is 0.333. The fourth-order valence-electron chi connectivity index (χ4n) is 3.84. The van der Waals surface area contributed by atoms with E-state index in [4.69, 9.17) is 10.5 Å². The van der Waals surface area contributed by atoms with Crippen LogP contribution in [0.2, 0.25) is 0 Å². The molecule has 0 spiro atoms. The molecule has 1 fully saturated rings. The summed E-state index contributed by atoms with van der Waals surface area (Å²) in [6, 6.07) is 4.08. The zero-order chi connectivity index (χ0) is 22.8. The summed E-state index contributed by atoms with van der Waals surface area (Å²) < 4.78 is 37.6. The van der Waals surface area contributed by atoms with Crippen molar-refractivity contribution in [2.24, 2.45) is 11.7 Å². The number of piperidine rings is 1. The Morgan fingerprint density at radius 1 is 1.31 bits per heavy atom. The van der Waals surface area contributed by atoms with E-state index in [1.54, 1.807) is 12.4 Å². The summed E-state index contributed by atoms with van der Waals surface area (Å²) in [5.41, 5.74) is 7.01. The number of rotatable bonds is 5. The Hall–Kier alpha value is -3.18. The molecule has 0 radical (unpaired) electrons. The van der Waals surface area contributed by atoms with E-state index in [1.807, 2.05) is 6.07 Å². The highest BCUT2D eigenvalue weighted by Crippen LogP contribution is 2.32. The van der Waals surface area contributed by atoms with Gasteiger partial charge in [-0.25, -0.2) is 13.8 Å². The van der Waals surface area contributed by atoms with Crippen LogP contribution in [0.3, 0.4) is 0 Å². The first-order valence-corrected chi connectivity index (χ1v) is 10.8. The van der Waals surface area contributed by atoms with Crippen LogP contribution in [0.4, 0.5) is 20.2 Å². The van der Waals surface area contributed by atoms with Crippen molar-refractivity contribution in [1.29, 1.82) is 0 Å². The molecule has 168 valence electrons. The number of aromatic nitrogens is 3. The minimum Gasteiger partial charge on any atom is -0.494 e. The number of amides is 1. The highest BCUT2D eigenvalue weighted by atomic mass is 32.1. The van der Waals surface area contributed by atoms with Crippen molar-refractivity contribution in [1.82, 2.24) is 14.3 Å². The van der Waals surface area contributed by atoms with Gasteiger partial charge >= 0.3 is 0 Å². The number of nitrogens with two attached hydrogens (primary N) is 1. The Balaban J connectivity index is 1.58. The van der Waals surface area contributed by atoms with E-state index in [2.05, 4.69) is 31.5 Å². The minimum atomic E-state index is -0.928. The van der Waals surface area contributed by atoms with Gasteiger partial charge in [0.25, 0.3) is 5.91 Å². The average Bonchev–Trinajstić information content (AvgIpc) is 3.23. The molecule has 1 aliphatic heterocycles. The highest BCUT2D eigenvalue weighted by molar-refractivity contribution is 7.08. The van der Waals surface area contributed by atoms with Crippen molar-refractivity contribution in [3.63, 3.8) is 0 Å². The molecule has 0 bridgehead atoms. The average molecular weight is 461 g/mol. The number of benzene rings is 1. The van der Waals surface area contributed by atoms with Crippen molar-refractivity contribution in [2.75, 3.05) is 30.4 Å². The first-order chi connectivity index (χ1) is 15.4. The molecule has 1 aromatic carbocycles. The first kappa shape index (κ1) is 22.0. The van der Waals surface area contributed by atoms with Crippen molar-refractivity contribution in [3.05, 3.63) is 47.2 Å². The molecule has 0 unspecified atom stereocenters. The van der Waals surface area contributed by atoms with E-state index in [9.17, 15) is 13.6 Å². The molecule has 3 N–H and O–H groups in total.